The van der Waals surface area contributed by atoms with Crippen molar-refractivity contribution in [3.63, 3.8) is 0 Å². The molecule has 2 fully saturated rings. The van der Waals surface area contributed by atoms with Crippen molar-refractivity contribution in [2.45, 2.75) is 103 Å². The summed E-state index contributed by atoms with van der Waals surface area (Å²) >= 11 is 0. The molecule has 0 nitrogen and oxygen atoms in total. The number of hydrogen-bond donors (Lipinski definition) is 0. The predicted molar refractivity (Wildman–Crippen MR) is 152 cm³/mol. The van der Waals surface area contributed by atoms with Crippen molar-refractivity contribution in [3.05, 3.63) is 83.4 Å². The molecule has 0 radical (unpaired) electrons. The lowest BCUT2D eigenvalue weighted by atomic mass is 9.74. The maximum atomic E-state index is 3.89. The molecule has 2 aliphatic carbocycles. The van der Waals surface area contributed by atoms with Crippen LogP contribution in [0.3, 0.4) is 0 Å². The summed E-state index contributed by atoms with van der Waals surface area (Å²) in [6.07, 6.45) is 21.5. The van der Waals surface area contributed by atoms with Crippen LogP contribution >= 0.6 is 0 Å². The van der Waals surface area contributed by atoms with Crippen molar-refractivity contribution in [1.29, 1.82) is 0 Å². The van der Waals surface area contributed by atoms with Gasteiger partial charge in [0.1, 0.15) is 0 Å². The molecule has 0 heterocycles. The topological polar surface area (TPSA) is 0 Å². The normalized spacial score (nSPS) is 24.4. The first kappa shape index (κ1) is 25.8. The third-order valence-electron chi connectivity index (χ3n) is 8.80. The van der Waals surface area contributed by atoms with Gasteiger partial charge in [0.05, 0.1) is 0 Å². The summed E-state index contributed by atoms with van der Waals surface area (Å²) in [5.74, 6) is 10.4. The minimum Gasteiger partial charge on any atom is -0.103 e. The highest BCUT2D eigenvalue weighted by Crippen LogP contribution is 2.40. The van der Waals surface area contributed by atoms with Crippen LogP contribution < -0.4 is 0 Å². The summed E-state index contributed by atoms with van der Waals surface area (Å²) in [4.78, 5) is 0. The molecule has 35 heavy (non-hydrogen) atoms. The van der Waals surface area contributed by atoms with Crippen LogP contribution in [-0.2, 0) is 6.42 Å². The van der Waals surface area contributed by atoms with Crippen LogP contribution in [0.1, 0.15) is 119 Å². The third kappa shape index (κ3) is 8.14. The first-order valence-corrected chi connectivity index (χ1v) is 14.5. The van der Waals surface area contributed by atoms with Crippen molar-refractivity contribution in [1.82, 2.24) is 0 Å². The van der Waals surface area contributed by atoms with Crippen LogP contribution in [-0.4, -0.2) is 0 Å². The maximum Gasteiger partial charge on any atom is 0.0249 e. The van der Waals surface area contributed by atoms with Crippen molar-refractivity contribution in [2.75, 3.05) is 0 Å². The second-order valence-corrected chi connectivity index (χ2v) is 11.4. The lowest BCUT2D eigenvalue weighted by molar-refractivity contribution is 0.225. The first-order valence-electron chi connectivity index (χ1n) is 14.5. The molecule has 0 atom stereocenters. The van der Waals surface area contributed by atoms with Gasteiger partial charge in [0.15, 0.2) is 0 Å². The highest BCUT2D eigenvalue weighted by Gasteiger charge is 2.25. The van der Waals surface area contributed by atoms with Gasteiger partial charge in [-0.2, -0.15) is 0 Å². The lowest BCUT2D eigenvalue weighted by Gasteiger charge is -2.32. The van der Waals surface area contributed by atoms with E-state index in [0.717, 1.165) is 41.2 Å². The Kier molecular flexibility index (Phi) is 10.1. The van der Waals surface area contributed by atoms with Crippen LogP contribution in [0.4, 0.5) is 0 Å². The van der Waals surface area contributed by atoms with Crippen molar-refractivity contribution in [3.8, 4) is 11.8 Å². The summed E-state index contributed by atoms with van der Waals surface area (Å²) in [5.41, 5.74) is 5.15. The zero-order valence-electron chi connectivity index (χ0n) is 22.1. The molecule has 4 rings (SSSR count). The first-order chi connectivity index (χ1) is 17.2. The van der Waals surface area contributed by atoms with E-state index in [1.54, 1.807) is 0 Å². The van der Waals surface area contributed by atoms with Gasteiger partial charge in [0.25, 0.3) is 0 Å². The molecule has 0 aliphatic heterocycles. The third-order valence-corrected chi connectivity index (χ3v) is 8.80. The van der Waals surface area contributed by atoms with Crippen molar-refractivity contribution >= 4 is 0 Å². The summed E-state index contributed by atoms with van der Waals surface area (Å²) in [6, 6.07) is 17.9. The monoisotopic (exact) mass is 466 g/mol. The summed E-state index contributed by atoms with van der Waals surface area (Å²) in [5, 5.41) is 0. The van der Waals surface area contributed by atoms with Crippen molar-refractivity contribution < 1.29 is 0 Å². The molecule has 0 bridgehead atoms. The lowest BCUT2D eigenvalue weighted by Crippen LogP contribution is -2.17. The average Bonchev–Trinajstić information content (AvgIpc) is 2.92. The van der Waals surface area contributed by atoms with Gasteiger partial charge in [0.2, 0.25) is 0 Å². The van der Waals surface area contributed by atoms with Crippen LogP contribution in [0.5, 0.6) is 0 Å². The standard InChI is InChI=1S/C35H46/c1-3-5-7-29-10-14-31(15-11-29)17-19-33-22-26-35(27-23-33)34-24-20-32(21-25-34)18-16-30-12-8-28(6-4-2)9-13-30/h3,8-9,12-13,20-21,24-25,29,31,33,35H,1,4-7,10-11,14-15,17,19,22-23,26-27H2,2H3. The highest BCUT2D eigenvalue weighted by molar-refractivity contribution is 5.44. The van der Waals surface area contributed by atoms with Gasteiger partial charge >= 0.3 is 0 Å². The second kappa shape index (κ2) is 13.7. The highest BCUT2D eigenvalue weighted by atomic mass is 14.3. The second-order valence-electron chi connectivity index (χ2n) is 11.4. The van der Waals surface area contributed by atoms with E-state index in [1.165, 1.54) is 94.6 Å². The number of hydrogen-bond acceptors (Lipinski definition) is 0. The molecule has 0 amide bonds. The number of aryl methyl sites for hydroxylation is 1. The fourth-order valence-corrected chi connectivity index (χ4v) is 6.44. The van der Waals surface area contributed by atoms with Gasteiger partial charge in [-0.25, -0.2) is 0 Å². The molecule has 2 aliphatic rings. The molecule has 0 heteroatoms. The summed E-state index contributed by atoms with van der Waals surface area (Å²) < 4.78 is 0. The van der Waals surface area contributed by atoms with E-state index < -0.39 is 0 Å². The Bertz CT molecular complexity index is 936. The molecule has 2 aromatic rings. The Hall–Kier alpha value is -2.26. The van der Waals surface area contributed by atoms with Crippen LogP contribution in [0.2, 0.25) is 0 Å². The Morgan fingerprint density at radius 3 is 1.69 bits per heavy atom. The Morgan fingerprint density at radius 1 is 0.686 bits per heavy atom. The van der Waals surface area contributed by atoms with Crippen molar-refractivity contribution in [2.24, 2.45) is 17.8 Å². The van der Waals surface area contributed by atoms with E-state index in [2.05, 4.69) is 80.0 Å². The predicted octanol–water partition coefficient (Wildman–Crippen LogP) is 9.87. The fourth-order valence-electron chi connectivity index (χ4n) is 6.44. The van der Waals surface area contributed by atoms with Crippen LogP contribution in [0, 0.1) is 29.6 Å². The maximum absolute atomic E-state index is 3.89. The fraction of sp³-hybridized carbons (Fsp3) is 0.543. The molecule has 0 unspecified atom stereocenters. The molecule has 2 saturated carbocycles. The Morgan fingerprint density at radius 2 is 1.17 bits per heavy atom. The van der Waals surface area contributed by atoms with Gasteiger partial charge in [-0.05, 0) is 104 Å². The zero-order chi connectivity index (χ0) is 24.3. The van der Waals surface area contributed by atoms with Gasteiger partial charge in [-0.1, -0.05) is 94.1 Å². The largest absolute Gasteiger partial charge is 0.103 e. The summed E-state index contributed by atoms with van der Waals surface area (Å²) in [6.45, 7) is 6.11. The molecule has 0 N–H and O–H groups in total. The van der Waals surface area contributed by atoms with Gasteiger partial charge in [-0.3, -0.25) is 0 Å². The van der Waals surface area contributed by atoms with E-state index >= 15 is 0 Å². The molecule has 0 aromatic heterocycles. The van der Waals surface area contributed by atoms with Crippen LogP contribution in [0.25, 0.3) is 0 Å². The van der Waals surface area contributed by atoms with Gasteiger partial charge < -0.3 is 0 Å². The zero-order valence-corrected chi connectivity index (χ0v) is 22.1. The molecule has 2 aromatic carbocycles. The van der Waals surface area contributed by atoms with Gasteiger partial charge in [-0.15, -0.1) is 6.58 Å². The molecular formula is C35H46. The minimum atomic E-state index is 0.750. The van der Waals surface area contributed by atoms with E-state index in [0.29, 0.717) is 0 Å². The number of rotatable bonds is 9. The van der Waals surface area contributed by atoms with E-state index in [-0.39, 0.29) is 0 Å². The summed E-state index contributed by atoms with van der Waals surface area (Å²) in [7, 11) is 0. The SMILES string of the molecule is C=CCCC1CCC(CCC2CCC(c3ccc(C#Cc4ccc(CCC)cc4)cc3)CC2)CC1. The van der Waals surface area contributed by atoms with E-state index in [9.17, 15) is 0 Å². The molecular weight excluding hydrogens is 420 g/mol. The minimum absolute atomic E-state index is 0.750. The van der Waals surface area contributed by atoms with Gasteiger partial charge in [0, 0.05) is 11.1 Å². The number of benzene rings is 2. The smallest absolute Gasteiger partial charge is 0.0249 e. The average molecular weight is 467 g/mol. The van der Waals surface area contributed by atoms with E-state index in [4.69, 9.17) is 0 Å². The molecule has 0 saturated heterocycles. The molecule has 186 valence electrons. The Labute approximate surface area is 215 Å². The van der Waals surface area contributed by atoms with E-state index in [1.807, 2.05) is 0 Å². The number of allylic oxidation sites excluding steroid dienone is 1. The molecule has 0 spiro atoms. The quantitative estimate of drug-likeness (QED) is 0.255. The Balaban J connectivity index is 1.18. The van der Waals surface area contributed by atoms with Crippen LogP contribution in [0.15, 0.2) is 61.2 Å².